The maximum Gasteiger partial charge on any atom is 0.217 e. The van der Waals surface area contributed by atoms with Gasteiger partial charge in [-0.2, -0.15) is 0 Å². The SMILES string of the molecule is CO[C@@H]1O[C@H](COCc2ccccc2)[C@H]2O[C@H]3O[C@H](COCCCO[C@@H]2[C@H]1NC(C)=O)[C@@H]1OC(C)(C)O[C@@H]1[C@H]3O. The molecule has 1 aromatic carbocycles. The number of aliphatic hydroxyl groups is 1. The minimum absolute atomic E-state index is 0.139. The Kier molecular flexibility index (Phi) is 9.73. The fourth-order valence-electron chi connectivity index (χ4n) is 5.69. The van der Waals surface area contributed by atoms with Gasteiger partial charge in [0.05, 0.1) is 19.8 Å². The maximum atomic E-state index is 12.2. The van der Waals surface area contributed by atoms with Gasteiger partial charge in [0.2, 0.25) is 5.91 Å². The minimum atomic E-state index is -1.17. The van der Waals surface area contributed by atoms with Gasteiger partial charge in [-0.3, -0.25) is 4.79 Å². The van der Waals surface area contributed by atoms with Gasteiger partial charge >= 0.3 is 0 Å². The quantitative estimate of drug-likeness (QED) is 0.508. The van der Waals surface area contributed by atoms with E-state index in [1.807, 2.05) is 30.3 Å². The molecule has 0 aliphatic carbocycles. The molecule has 10 atom stereocenters. The highest BCUT2D eigenvalue weighted by Gasteiger charge is 2.57. The molecule has 4 heterocycles. The Labute approximate surface area is 234 Å². The number of fused-ring (bicyclic) bond motifs is 5. The van der Waals surface area contributed by atoms with Gasteiger partial charge in [0.1, 0.15) is 48.8 Å². The number of carbonyl (C=O) groups excluding carboxylic acids is 1. The smallest absolute Gasteiger partial charge is 0.217 e. The highest BCUT2D eigenvalue weighted by molar-refractivity contribution is 5.73. The first-order valence-electron chi connectivity index (χ1n) is 13.9. The highest BCUT2D eigenvalue weighted by atomic mass is 16.8. The molecule has 4 aliphatic heterocycles. The number of rotatable bonds is 6. The van der Waals surface area contributed by atoms with E-state index in [-0.39, 0.29) is 19.1 Å². The summed E-state index contributed by atoms with van der Waals surface area (Å²) in [6.07, 6.45) is -6.46. The van der Waals surface area contributed by atoms with Crippen molar-refractivity contribution in [2.75, 3.05) is 33.5 Å². The topological polar surface area (TPSA) is 132 Å². The standard InChI is InChI=1S/C28H41NO11/c1-16(30)29-20-24-22(18(36-26(20)32-4)15-34-13-17-9-6-5-7-10-17)38-27-21(31)25-23(39-28(2,3)40-25)19(37-27)14-33-11-8-12-35-24/h5-7,9-10,18-27,31H,8,11-15H2,1-4H3,(H,29,30)/t18-,19-,20-,21-,22-,23+,24-,25-,26-,27-/m1/s1. The molecule has 4 aliphatic rings. The molecule has 40 heavy (non-hydrogen) atoms. The molecular weight excluding hydrogens is 526 g/mol. The number of benzene rings is 1. The molecule has 0 saturated carbocycles. The molecule has 1 aromatic rings. The third-order valence-electron chi connectivity index (χ3n) is 7.41. The van der Waals surface area contributed by atoms with Gasteiger partial charge in [0.15, 0.2) is 18.4 Å². The minimum Gasteiger partial charge on any atom is -0.385 e. The second-order valence-corrected chi connectivity index (χ2v) is 11.0. The number of carbonyl (C=O) groups is 1. The molecule has 224 valence electrons. The number of amides is 1. The molecule has 0 radical (unpaired) electrons. The van der Waals surface area contributed by atoms with E-state index < -0.39 is 67.1 Å². The lowest BCUT2D eigenvalue weighted by Gasteiger charge is -2.48. The molecule has 5 rings (SSSR count). The number of hydrogen-bond donors (Lipinski definition) is 2. The van der Waals surface area contributed by atoms with Crippen molar-refractivity contribution in [3.05, 3.63) is 35.9 Å². The second-order valence-electron chi connectivity index (χ2n) is 11.0. The van der Waals surface area contributed by atoms with Crippen LogP contribution in [0.4, 0.5) is 0 Å². The zero-order valence-corrected chi connectivity index (χ0v) is 23.4. The van der Waals surface area contributed by atoms with Crippen molar-refractivity contribution in [3.8, 4) is 0 Å². The Hall–Kier alpha value is -1.71. The molecule has 0 aromatic heterocycles. The first-order chi connectivity index (χ1) is 19.3. The summed E-state index contributed by atoms with van der Waals surface area (Å²) in [5.74, 6) is -1.18. The van der Waals surface area contributed by atoms with E-state index in [0.717, 1.165) is 5.56 Å². The lowest BCUT2D eigenvalue weighted by Crippen LogP contribution is -2.68. The van der Waals surface area contributed by atoms with Crippen LogP contribution in [-0.2, 0) is 54.0 Å². The number of ether oxygens (including phenoxy) is 9. The van der Waals surface area contributed by atoms with Crippen molar-refractivity contribution in [1.82, 2.24) is 5.32 Å². The van der Waals surface area contributed by atoms with E-state index in [1.54, 1.807) is 13.8 Å². The van der Waals surface area contributed by atoms with Crippen LogP contribution in [0.2, 0.25) is 0 Å². The van der Waals surface area contributed by atoms with Crippen LogP contribution in [0.1, 0.15) is 32.8 Å². The second kappa shape index (κ2) is 13.1. The van der Waals surface area contributed by atoms with Crippen LogP contribution >= 0.6 is 0 Å². The van der Waals surface area contributed by atoms with Crippen LogP contribution in [0.15, 0.2) is 30.3 Å². The van der Waals surface area contributed by atoms with E-state index in [0.29, 0.717) is 26.2 Å². The van der Waals surface area contributed by atoms with Crippen LogP contribution in [0.25, 0.3) is 0 Å². The van der Waals surface area contributed by atoms with E-state index in [2.05, 4.69) is 5.32 Å². The van der Waals surface area contributed by atoms with E-state index in [4.69, 9.17) is 42.6 Å². The van der Waals surface area contributed by atoms with Gasteiger partial charge in [-0.1, -0.05) is 30.3 Å². The van der Waals surface area contributed by atoms with Crippen molar-refractivity contribution in [1.29, 1.82) is 0 Å². The molecule has 4 fully saturated rings. The average molecular weight is 568 g/mol. The summed E-state index contributed by atoms with van der Waals surface area (Å²) in [5, 5.41) is 14.2. The van der Waals surface area contributed by atoms with E-state index >= 15 is 0 Å². The molecule has 12 heteroatoms. The third-order valence-corrected chi connectivity index (χ3v) is 7.41. The van der Waals surface area contributed by atoms with Crippen LogP contribution in [0.5, 0.6) is 0 Å². The number of methoxy groups -OCH3 is 1. The zero-order valence-electron chi connectivity index (χ0n) is 23.4. The molecule has 0 spiro atoms. The number of aliphatic hydroxyl groups excluding tert-OH is 1. The van der Waals surface area contributed by atoms with Gasteiger partial charge in [-0.15, -0.1) is 0 Å². The third kappa shape index (κ3) is 6.84. The van der Waals surface area contributed by atoms with Gasteiger partial charge in [-0.25, -0.2) is 0 Å². The Morgan fingerprint density at radius 3 is 2.58 bits per heavy atom. The monoisotopic (exact) mass is 567 g/mol. The zero-order chi connectivity index (χ0) is 28.3. The largest absolute Gasteiger partial charge is 0.385 e. The maximum absolute atomic E-state index is 12.2. The summed E-state index contributed by atoms with van der Waals surface area (Å²) in [7, 11) is 1.50. The molecule has 4 saturated heterocycles. The Balaban J connectivity index is 1.42. The van der Waals surface area contributed by atoms with Crippen molar-refractivity contribution in [3.63, 3.8) is 0 Å². The molecule has 0 unspecified atom stereocenters. The lowest BCUT2D eigenvalue weighted by atomic mass is 9.95. The Morgan fingerprint density at radius 1 is 1.05 bits per heavy atom. The van der Waals surface area contributed by atoms with Gasteiger partial charge in [-0.05, 0) is 25.8 Å². The first kappa shape index (κ1) is 29.8. The van der Waals surface area contributed by atoms with Gasteiger partial charge in [0, 0.05) is 27.2 Å². The normalized spacial score (nSPS) is 39.7. The Bertz CT molecular complexity index is 965. The van der Waals surface area contributed by atoms with Crippen molar-refractivity contribution in [2.45, 2.75) is 101 Å². The fourth-order valence-corrected chi connectivity index (χ4v) is 5.69. The predicted molar refractivity (Wildman–Crippen MR) is 138 cm³/mol. The van der Waals surface area contributed by atoms with Crippen molar-refractivity contribution >= 4 is 5.91 Å². The van der Waals surface area contributed by atoms with Crippen molar-refractivity contribution in [2.24, 2.45) is 0 Å². The number of nitrogens with one attached hydrogen (secondary N) is 1. The molecule has 1 amide bonds. The van der Waals surface area contributed by atoms with Gasteiger partial charge < -0.3 is 53.1 Å². The summed E-state index contributed by atoms with van der Waals surface area (Å²) < 4.78 is 55.0. The number of hydrogen-bond acceptors (Lipinski definition) is 11. The van der Waals surface area contributed by atoms with Crippen LogP contribution < -0.4 is 5.32 Å². The van der Waals surface area contributed by atoms with E-state index in [1.165, 1.54) is 14.0 Å². The lowest BCUT2D eigenvalue weighted by molar-refractivity contribution is -0.345. The first-order valence-corrected chi connectivity index (χ1v) is 13.9. The summed E-state index contributed by atoms with van der Waals surface area (Å²) in [6.45, 7) is 6.50. The molecule has 2 N–H and O–H groups in total. The van der Waals surface area contributed by atoms with Crippen LogP contribution in [-0.4, -0.2) is 112 Å². The fraction of sp³-hybridized carbons (Fsp3) is 0.750. The summed E-state index contributed by atoms with van der Waals surface area (Å²) in [6, 6.07) is 9.08. The highest BCUT2D eigenvalue weighted by Crippen LogP contribution is 2.39. The molecular formula is C28H41NO11. The average Bonchev–Trinajstić information content (AvgIpc) is 3.25. The summed E-state index contributed by atoms with van der Waals surface area (Å²) >= 11 is 0. The molecule has 12 nitrogen and oxygen atoms in total. The van der Waals surface area contributed by atoms with Crippen LogP contribution in [0.3, 0.4) is 0 Å². The van der Waals surface area contributed by atoms with Gasteiger partial charge in [0.25, 0.3) is 0 Å². The molecule has 2 bridgehead atoms. The van der Waals surface area contributed by atoms with Crippen LogP contribution in [0, 0.1) is 0 Å². The van der Waals surface area contributed by atoms with E-state index in [9.17, 15) is 9.90 Å². The Morgan fingerprint density at radius 2 is 1.82 bits per heavy atom. The predicted octanol–water partition coefficient (Wildman–Crippen LogP) is 0.876. The summed E-state index contributed by atoms with van der Waals surface area (Å²) in [5.41, 5.74) is 1.01. The summed E-state index contributed by atoms with van der Waals surface area (Å²) in [4.78, 5) is 12.2. The van der Waals surface area contributed by atoms with Crippen molar-refractivity contribution < 1.29 is 52.5 Å².